The Morgan fingerprint density at radius 1 is 1.54 bits per heavy atom. The Labute approximate surface area is 86.9 Å². The lowest BCUT2D eigenvalue weighted by Crippen LogP contribution is -2.25. The zero-order valence-electron chi connectivity index (χ0n) is 7.60. The first-order valence-corrected chi connectivity index (χ1v) is 5.32. The largest absolute Gasteiger partial charge is 0.385 e. The molecule has 0 spiro atoms. The van der Waals surface area contributed by atoms with Crippen LogP contribution in [0.25, 0.3) is 0 Å². The molecule has 1 aliphatic rings. The van der Waals surface area contributed by atoms with Gasteiger partial charge in [0.25, 0.3) is 0 Å². The molecule has 0 aliphatic carbocycles. The number of hydrogen-bond donors (Lipinski definition) is 2. The van der Waals surface area contributed by atoms with Crippen molar-refractivity contribution in [2.24, 2.45) is 0 Å². The van der Waals surface area contributed by atoms with Crippen LogP contribution >= 0.6 is 15.9 Å². The Kier molecular flexibility index (Phi) is 2.56. The van der Waals surface area contributed by atoms with Crippen LogP contribution in [-0.4, -0.2) is 13.6 Å². The second-order valence-corrected chi connectivity index (χ2v) is 4.11. The van der Waals surface area contributed by atoms with Gasteiger partial charge < -0.3 is 10.6 Å². The van der Waals surface area contributed by atoms with Gasteiger partial charge in [-0.2, -0.15) is 0 Å². The van der Waals surface area contributed by atoms with Crippen LogP contribution in [0.2, 0.25) is 0 Å². The molecule has 13 heavy (non-hydrogen) atoms. The van der Waals surface area contributed by atoms with Gasteiger partial charge in [-0.05, 0) is 25.6 Å². The van der Waals surface area contributed by atoms with E-state index in [0.29, 0.717) is 6.04 Å². The summed E-state index contributed by atoms with van der Waals surface area (Å²) in [6, 6.07) is 6.76. The van der Waals surface area contributed by atoms with Crippen molar-refractivity contribution in [3.05, 3.63) is 28.2 Å². The fraction of sp³-hybridized carbons (Fsp3) is 0.400. The molecule has 0 radical (unpaired) electrons. The number of rotatable bonds is 1. The summed E-state index contributed by atoms with van der Waals surface area (Å²) in [5, 5.41) is 6.73. The zero-order valence-corrected chi connectivity index (χ0v) is 9.19. The van der Waals surface area contributed by atoms with Gasteiger partial charge in [0, 0.05) is 28.3 Å². The maximum atomic E-state index is 3.58. The summed E-state index contributed by atoms with van der Waals surface area (Å²) in [5.41, 5.74) is 2.61. The Hall–Kier alpha value is -0.540. The topological polar surface area (TPSA) is 24.1 Å². The molecular formula is C10H13BrN2. The van der Waals surface area contributed by atoms with Crippen LogP contribution in [-0.2, 0) is 0 Å². The van der Waals surface area contributed by atoms with Crippen molar-refractivity contribution in [1.29, 1.82) is 0 Å². The molecule has 70 valence electrons. The highest BCUT2D eigenvalue weighted by Crippen LogP contribution is 2.34. The van der Waals surface area contributed by atoms with Crippen molar-refractivity contribution in [2.45, 2.75) is 12.5 Å². The molecule has 2 rings (SSSR count). The summed E-state index contributed by atoms with van der Waals surface area (Å²) in [4.78, 5) is 0. The van der Waals surface area contributed by atoms with Crippen LogP contribution in [0.4, 0.5) is 5.69 Å². The molecule has 1 atom stereocenters. The molecule has 1 aromatic rings. The van der Waals surface area contributed by atoms with Crippen LogP contribution in [0.3, 0.4) is 0 Å². The van der Waals surface area contributed by atoms with Gasteiger partial charge in [-0.15, -0.1) is 0 Å². The van der Waals surface area contributed by atoms with Crippen molar-refractivity contribution in [3.8, 4) is 0 Å². The average molecular weight is 241 g/mol. The van der Waals surface area contributed by atoms with E-state index in [2.05, 4.69) is 44.8 Å². The molecule has 2 nitrogen and oxygen atoms in total. The van der Waals surface area contributed by atoms with Crippen LogP contribution in [0.1, 0.15) is 18.0 Å². The van der Waals surface area contributed by atoms with E-state index in [1.54, 1.807) is 0 Å². The minimum atomic E-state index is 0.479. The van der Waals surface area contributed by atoms with Crippen LogP contribution in [0, 0.1) is 0 Å². The molecule has 1 aliphatic heterocycles. The number of nitrogens with one attached hydrogen (secondary N) is 2. The predicted molar refractivity (Wildman–Crippen MR) is 59.0 cm³/mol. The van der Waals surface area contributed by atoms with E-state index in [-0.39, 0.29) is 0 Å². The predicted octanol–water partition coefficient (Wildman–Crippen LogP) is 2.53. The Morgan fingerprint density at radius 2 is 2.38 bits per heavy atom. The number of benzene rings is 1. The Morgan fingerprint density at radius 3 is 3.15 bits per heavy atom. The molecule has 1 heterocycles. The van der Waals surface area contributed by atoms with E-state index in [1.807, 2.05) is 7.05 Å². The highest BCUT2D eigenvalue weighted by molar-refractivity contribution is 9.10. The zero-order chi connectivity index (χ0) is 9.26. The van der Waals surface area contributed by atoms with Gasteiger partial charge in [0.2, 0.25) is 0 Å². The SMILES string of the molecule is CNC1CCNc2cccc(Br)c21. The first-order valence-electron chi connectivity index (χ1n) is 4.52. The molecule has 1 unspecified atom stereocenters. The lowest BCUT2D eigenvalue weighted by Gasteiger charge is -2.27. The van der Waals surface area contributed by atoms with E-state index >= 15 is 0 Å². The van der Waals surface area contributed by atoms with E-state index in [4.69, 9.17) is 0 Å². The average Bonchev–Trinajstić information content (AvgIpc) is 2.17. The van der Waals surface area contributed by atoms with Crippen molar-refractivity contribution in [3.63, 3.8) is 0 Å². The van der Waals surface area contributed by atoms with E-state index in [1.165, 1.54) is 15.7 Å². The van der Waals surface area contributed by atoms with Gasteiger partial charge in [0.05, 0.1) is 0 Å². The number of anilines is 1. The third-order valence-electron chi connectivity index (χ3n) is 2.50. The summed E-state index contributed by atoms with van der Waals surface area (Å²) in [6.07, 6.45) is 1.14. The second kappa shape index (κ2) is 3.68. The van der Waals surface area contributed by atoms with Crippen LogP contribution in [0.15, 0.2) is 22.7 Å². The standard InChI is InChI=1S/C10H13BrN2/c1-12-8-5-6-13-9-4-2-3-7(11)10(8)9/h2-4,8,12-13H,5-6H2,1H3. The van der Waals surface area contributed by atoms with Gasteiger partial charge in [-0.1, -0.05) is 22.0 Å². The number of fused-ring (bicyclic) bond motifs is 1. The van der Waals surface area contributed by atoms with Crippen molar-refractivity contribution >= 4 is 21.6 Å². The molecule has 1 aromatic carbocycles. The lowest BCUT2D eigenvalue weighted by atomic mass is 9.98. The van der Waals surface area contributed by atoms with Gasteiger partial charge in [0.1, 0.15) is 0 Å². The van der Waals surface area contributed by atoms with Gasteiger partial charge in [-0.3, -0.25) is 0 Å². The smallest absolute Gasteiger partial charge is 0.0400 e. The molecule has 0 saturated carbocycles. The molecule has 0 bridgehead atoms. The molecule has 0 fully saturated rings. The number of halogens is 1. The molecule has 3 heteroatoms. The first kappa shape index (κ1) is 9.03. The fourth-order valence-electron chi connectivity index (χ4n) is 1.83. The maximum absolute atomic E-state index is 3.58. The van der Waals surface area contributed by atoms with E-state index < -0.39 is 0 Å². The van der Waals surface area contributed by atoms with Gasteiger partial charge >= 0.3 is 0 Å². The van der Waals surface area contributed by atoms with Crippen molar-refractivity contribution < 1.29 is 0 Å². The third kappa shape index (κ3) is 1.58. The Balaban J connectivity index is 2.47. The summed E-state index contributed by atoms with van der Waals surface area (Å²) in [5.74, 6) is 0. The quantitative estimate of drug-likeness (QED) is 0.789. The fourth-order valence-corrected chi connectivity index (χ4v) is 2.47. The minimum Gasteiger partial charge on any atom is -0.385 e. The first-order chi connectivity index (χ1) is 6.33. The summed E-state index contributed by atoms with van der Waals surface area (Å²) in [7, 11) is 2.01. The summed E-state index contributed by atoms with van der Waals surface area (Å²) in [6.45, 7) is 1.05. The summed E-state index contributed by atoms with van der Waals surface area (Å²) >= 11 is 3.58. The summed E-state index contributed by atoms with van der Waals surface area (Å²) < 4.78 is 1.19. The molecule has 2 N–H and O–H groups in total. The monoisotopic (exact) mass is 240 g/mol. The Bertz CT molecular complexity index is 312. The van der Waals surface area contributed by atoms with Crippen molar-refractivity contribution in [2.75, 3.05) is 18.9 Å². The molecule has 0 saturated heterocycles. The number of hydrogen-bond acceptors (Lipinski definition) is 2. The molecule has 0 aromatic heterocycles. The van der Waals surface area contributed by atoms with Gasteiger partial charge in [-0.25, -0.2) is 0 Å². The second-order valence-electron chi connectivity index (χ2n) is 3.26. The highest BCUT2D eigenvalue weighted by Gasteiger charge is 2.20. The van der Waals surface area contributed by atoms with E-state index in [9.17, 15) is 0 Å². The molecular weight excluding hydrogens is 228 g/mol. The van der Waals surface area contributed by atoms with Crippen LogP contribution in [0.5, 0.6) is 0 Å². The normalized spacial score (nSPS) is 20.6. The van der Waals surface area contributed by atoms with Crippen LogP contribution < -0.4 is 10.6 Å². The third-order valence-corrected chi connectivity index (χ3v) is 3.19. The maximum Gasteiger partial charge on any atom is 0.0400 e. The molecule has 0 amide bonds. The van der Waals surface area contributed by atoms with E-state index in [0.717, 1.165) is 13.0 Å². The lowest BCUT2D eigenvalue weighted by molar-refractivity contribution is 0.549. The van der Waals surface area contributed by atoms with Gasteiger partial charge in [0.15, 0.2) is 0 Å². The highest BCUT2D eigenvalue weighted by atomic mass is 79.9. The minimum absolute atomic E-state index is 0.479. The van der Waals surface area contributed by atoms with Crippen molar-refractivity contribution in [1.82, 2.24) is 5.32 Å².